The summed E-state index contributed by atoms with van der Waals surface area (Å²) in [7, 11) is 0. The molecule has 2 rings (SSSR count). The normalized spacial score (nSPS) is 10.4. The number of nitrogens with zero attached hydrogens (tertiary/aromatic N) is 1. The van der Waals surface area contributed by atoms with E-state index in [1.165, 1.54) is 0 Å². The van der Waals surface area contributed by atoms with Crippen LogP contribution in [-0.4, -0.2) is 22.6 Å². The zero-order valence-electron chi connectivity index (χ0n) is 10.9. The number of para-hydroxylation sites is 1. The first-order valence-corrected chi connectivity index (χ1v) is 6.93. The number of thiazole rings is 1. The molecule has 0 bridgehead atoms. The molecular weight excluding hydrogens is 260 g/mol. The van der Waals surface area contributed by atoms with Gasteiger partial charge in [0.1, 0.15) is 0 Å². The number of hydrogen-bond donors (Lipinski definition) is 2. The summed E-state index contributed by atoms with van der Waals surface area (Å²) in [6, 6.07) is 5.28. The van der Waals surface area contributed by atoms with Crippen molar-refractivity contribution < 1.29 is 9.90 Å². The van der Waals surface area contributed by atoms with Crippen molar-refractivity contribution in [2.75, 3.05) is 11.9 Å². The van der Waals surface area contributed by atoms with Crippen LogP contribution in [0.5, 0.6) is 0 Å². The molecule has 0 fully saturated rings. The number of benzene rings is 1. The van der Waals surface area contributed by atoms with E-state index in [1.54, 1.807) is 23.5 Å². The topological polar surface area (TPSA) is 62.2 Å². The predicted molar refractivity (Wildman–Crippen MR) is 77.2 cm³/mol. The van der Waals surface area contributed by atoms with Crippen molar-refractivity contribution in [3.05, 3.63) is 45.4 Å². The van der Waals surface area contributed by atoms with Crippen molar-refractivity contribution in [2.45, 2.75) is 20.3 Å². The van der Waals surface area contributed by atoms with Gasteiger partial charge in [0.2, 0.25) is 0 Å². The van der Waals surface area contributed by atoms with Gasteiger partial charge >= 0.3 is 5.97 Å². The average Bonchev–Trinajstić information content (AvgIpc) is 2.77. The quantitative estimate of drug-likeness (QED) is 0.880. The maximum absolute atomic E-state index is 11.2. The second-order valence-corrected chi connectivity index (χ2v) is 5.40. The van der Waals surface area contributed by atoms with Crippen LogP contribution in [0.2, 0.25) is 0 Å². The first-order valence-electron chi connectivity index (χ1n) is 6.05. The summed E-state index contributed by atoms with van der Waals surface area (Å²) in [5, 5.41) is 15.5. The Labute approximate surface area is 116 Å². The summed E-state index contributed by atoms with van der Waals surface area (Å²) < 4.78 is 0. The summed E-state index contributed by atoms with van der Waals surface area (Å²) >= 11 is 1.63. The van der Waals surface area contributed by atoms with Crippen molar-refractivity contribution in [2.24, 2.45) is 0 Å². The van der Waals surface area contributed by atoms with E-state index >= 15 is 0 Å². The molecule has 0 radical (unpaired) electrons. The van der Waals surface area contributed by atoms with Gasteiger partial charge in [0.15, 0.2) is 0 Å². The minimum absolute atomic E-state index is 0.314. The fourth-order valence-corrected chi connectivity index (χ4v) is 2.57. The summed E-state index contributed by atoms with van der Waals surface area (Å²) in [5.74, 6) is -0.907. The highest BCUT2D eigenvalue weighted by molar-refractivity contribution is 7.09. The Hall–Kier alpha value is -1.88. The van der Waals surface area contributed by atoms with Crippen LogP contribution in [0.1, 0.15) is 26.6 Å². The van der Waals surface area contributed by atoms with E-state index in [0.29, 0.717) is 17.8 Å². The van der Waals surface area contributed by atoms with Crippen LogP contribution in [0.3, 0.4) is 0 Å². The van der Waals surface area contributed by atoms with Crippen LogP contribution in [0.15, 0.2) is 23.6 Å². The third-order valence-electron chi connectivity index (χ3n) is 2.85. The number of aromatic carboxylic acids is 1. The Morgan fingerprint density at radius 1 is 1.42 bits per heavy atom. The van der Waals surface area contributed by atoms with Crippen molar-refractivity contribution in [1.82, 2.24) is 4.98 Å². The second-order valence-electron chi connectivity index (χ2n) is 4.34. The monoisotopic (exact) mass is 276 g/mol. The van der Waals surface area contributed by atoms with Gasteiger partial charge in [0.05, 0.1) is 22.0 Å². The van der Waals surface area contributed by atoms with Crippen molar-refractivity contribution in [3.63, 3.8) is 0 Å². The number of carboxylic acids is 1. The molecule has 1 heterocycles. The molecule has 0 aliphatic rings. The highest BCUT2D eigenvalue weighted by Crippen LogP contribution is 2.20. The second kappa shape index (κ2) is 5.84. The standard InChI is InChI=1S/C14H16N2O2S/c1-9-4-3-5-12(14(17)18)13(9)15-7-6-11-8-19-10(2)16-11/h3-5,8,15H,6-7H2,1-2H3,(H,17,18). The van der Waals surface area contributed by atoms with Crippen molar-refractivity contribution in [1.29, 1.82) is 0 Å². The lowest BCUT2D eigenvalue weighted by Gasteiger charge is -2.11. The van der Waals surface area contributed by atoms with Crippen molar-refractivity contribution >= 4 is 23.0 Å². The molecule has 2 aromatic rings. The van der Waals surface area contributed by atoms with Crippen LogP contribution in [0.25, 0.3) is 0 Å². The first-order chi connectivity index (χ1) is 9.08. The van der Waals surface area contributed by atoms with E-state index < -0.39 is 5.97 Å². The van der Waals surface area contributed by atoms with E-state index in [-0.39, 0.29) is 0 Å². The molecule has 0 amide bonds. The molecular formula is C14H16N2O2S. The lowest BCUT2D eigenvalue weighted by molar-refractivity contribution is 0.0698. The van der Waals surface area contributed by atoms with E-state index in [1.807, 2.05) is 25.3 Å². The molecule has 0 aliphatic carbocycles. The molecule has 0 atom stereocenters. The van der Waals surface area contributed by atoms with Gasteiger partial charge in [-0.15, -0.1) is 11.3 Å². The summed E-state index contributed by atoms with van der Waals surface area (Å²) in [6.07, 6.45) is 0.789. The predicted octanol–water partition coefficient (Wildman–Crippen LogP) is 3.11. The van der Waals surface area contributed by atoms with Gasteiger partial charge in [0, 0.05) is 18.3 Å². The third kappa shape index (κ3) is 3.32. The number of carbonyl (C=O) groups is 1. The molecule has 19 heavy (non-hydrogen) atoms. The Morgan fingerprint density at radius 3 is 2.84 bits per heavy atom. The molecule has 100 valence electrons. The molecule has 4 nitrogen and oxygen atoms in total. The van der Waals surface area contributed by atoms with Crippen LogP contribution in [-0.2, 0) is 6.42 Å². The number of rotatable bonds is 5. The number of anilines is 1. The Kier molecular flexibility index (Phi) is 4.16. The molecule has 1 aromatic heterocycles. The molecule has 1 aromatic carbocycles. The van der Waals surface area contributed by atoms with Gasteiger partial charge in [-0.2, -0.15) is 0 Å². The summed E-state index contributed by atoms with van der Waals surface area (Å²) in [4.78, 5) is 15.5. The SMILES string of the molecule is Cc1nc(CCNc2c(C)cccc2C(=O)O)cs1. The van der Waals surface area contributed by atoms with Crippen LogP contribution >= 0.6 is 11.3 Å². The molecule has 0 saturated carbocycles. The number of hydrogen-bond acceptors (Lipinski definition) is 4. The van der Waals surface area contributed by atoms with Crippen LogP contribution < -0.4 is 5.32 Å². The van der Waals surface area contributed by atoms with E-state index in [9.17, 15) is 4.79 Å². The Morgan fingerprint density at radius 2 is 2.21 bits per heavy atom. The number of aromatic nitrogens is 1. The minimum Gasteiger partial charge on any atom is -0.478 e. The lowest BCUT2D eigenvalue weighted by Crippen LogP contribution is -2.11. The number of aryl methyl sites for hydroxylation is 2. The first kappa shape index (κ1) is 13.5. The molecule has 0 saturated heterocycles. The molecule has 0 aliphatic heterocycles. The van der Waals surface area contributed by atoms with Crippen LogP contribution in [0.4, 0.5) is 5.69 Å². The van der Waals surface area contributed by atoms with E-state index in [4.69, 9.17) is 5.11 Å². The maximum Gasteiger partial charge on any atom is 0.337 e. The summed E-state index contributed by atoms with van der Waals surface area (Å²) in [6.45, 7) is 4.56. The maximum atomic E-state index is 11.2. The molecule has 0 unspecified atom stereocenters. The van der Waals surface area contributed by atoms with Gasteiger partial charge in [-0.3, -0.25) is 0 Å². The lowest BCUT2D eigenvalue weighted by atomic mass is 10.1. The van der Waals surface area contributed by atoms with Gasteiger partial charge in [-0.05, 0) is 25.5 Å². The van der Waals surface area contributed by atoms with E-state index in [2.05, 4.69) is 10.3 Å². The fourth-order valence-electron chi connectivity index (χ4n) is 1.92. The molecule has 0 spiro atoms. The number of carboxylic acid groups (broad SMARTS) is 1. The largest absolute Gasteiger partial charge is 0.478 e. The average molecular weight is 276 g/mol. The number of nitrogens with one attached hydrogen (secondary N) is 1. The highest BCUT2D eigenvalue weighted by atomic mass is 32.1. The van der Waals surface area contributed by atoms with Gasteiger partial charge < -0.3 is 10.4 Å². The third-order valence-corrected chi connectivity index (χ3v) is 3.68. The van der Waals surface area contributed by atoms with Crippen LogP contribution in [0, 0.1) is 13.8 Å². The zero-order valence-corrected chi connectivity index (χ0v) is 11.8. The Bertz CT molecular complexity index is 593. The molecule has 2 N–H and O–H groups in total. The van der Waals surface area contributed by atoms with Gasteiger partial charge in [-0.1, -0.05) is 12.1 Å². The highest BCUT2D eigenvalue weighted by Gasteiger charge is 2.11. The zero-order chi connectivity index (χ0) is 13.8. The van der Waals surface area contributed by atoms with E-state index in [0.717, 1.165) is 22.7 Å². The van der Waals surface area contributed by atoms with Crippen molar-refractivity contribution in [3.8, 4) is 0 Å². The minimum atomic E-state index is -0.907. The summed E-state index contributed by atoms with van der Waals surface area (Å²) in [5.41, 5.74) is 2.99. The Balaban J connectivity index is 2.05. The smallest absolute Gasteiger partial charge is 0.337 e. The van der Waals surface area contributed by atoms with Gasteiger partial charge in [-0.25, -0.2) is 9.78 Å². The molecule has 5 heteroatoms. The fraction of sp³-hybridized carbons (Fsp3) is 0.286. The van der Waals surface area contributed by atoms with Gasteiger partial charge in [0.25, 0.3) is 0 Å².